The molecule has 0 saturated carbocycles. The summed E-state index contributed by atoms with van der Waals surface area (Å²) in [6.45, 7) is 5.72. The molecule has 0 radical (unpaired) electrons. The van der Waals surface area contributed by atoms with Crippen LogP contribution >= 0.6 is 11.8 Å². The van der Waals surface area contributed by atoms with Gasteiger partial charge in [0.15, 0.2) is 0 Å². The summed E-state index contributed by atoms with van der Waals surface area (Å²) >= 11 is 1.54. The Balaban J connectivity index is 0.000000189. The van der Waals surface area contributed by atoms with Crippen molar-refractivity contribution >= 4 is 29.5 Å². The van der Waals surface area contributed by atoms with Crippen LogP contribution < -0.4 is 15.4 Å². The first-order chi connectivity index (χ1) is 16.0. The number of halogens is 1. The molecule has 1 fully saturated rings. The van der Waals surface area contributed by atoms with E-state index in [4.69, 9.17) is 15.6 Å². The number of carbonyl (C=O) groups is 1. The minimum Gasteiger partial charge on any atom is -0.497 e. The molecule has 1 saturated heterocycles. The number of nitrogens with zero attached hydrogens (tertiary/aromatic N) is 2. The van der Waals surface area contributed by atoms with Crippen molar-refractivity contribution in [2.45, 2.75) is 17.7 Å². The number of hydrogen-bond acceptors (Lipinski definition) is 6. The van der Waals surface area contributed by atoms with Crippen LogP contribution in [0, 0.1) is 5.82 Å². The van der Waals surface area contributed by atoms with Crippen molar-refractivity contribution in [3.63, 3.8) is 0 Å². The number of fused-ring (bicyclic) bond motifs is 1. The monoisotopic (exact) mass is 473 g/mol. The van der Waals surface area contributed by atoms with E-state index in [0.717, 1.165) is 74.0 Å². The van der Waals surface area contributed by atoms with Gasteiger partial charge in [-0.05, 0) is 67.9 Å². The van der Waals surface area contributed by atoms with Gasteiger partial charge in [-0.25, -0.2) is 9.18 Å². The molecule has 0 aliphatic carbocycles. The number of benzene rings is 2. The van der Waals surface area contributed by atoms with Crippen LogP contribution in [0.2, 0.25) is 0 Å². The van der Waals surface area contributed by atoms with Crippen LogP contribution in [0.1, 0.15) is 18.4 Å². The van der Waals surface area contributed by atoms with Crippen molar-refractivity contribution in [3.8, 4) is 5.75 Å². The summed E-state index contributed by atoms with van der Waals surface area (Å²) in [5.74, 6) is 0.302. The lowest BCUT2D eigenvalue weighted by molar-refractivity contribution is -0.132. The van der Waals surface area contributed by atoms with E-state index in [1.54, 1.807) is 19.3 Å². The van der Waals surface area contributed by atoms with Crippen LogP contribution in [0.4, 0.5) is 10.1 Å². The first kappa shape index (κ1) is 25.1. The van der Waals surface area contributed by atoms with Crippen molar-refractivity contribution < 1.29 is 19.0 Å². The summed E-state index contributed by atoms with van der Waals surface area (Å²) < 4.78 is 18.7. The maximum Gasteiger partial charge on any atom is 0.332 e. The largest absolute Gasteiger partial charge is 0.497 e. The Morgan fingerprint density at radius 1 is 1.15 bits per heavy atom. The van der Waals surface area contributed by atoms with E-state index < -0.39 is 5.97 Å². The van der Waals surface area contributed by atoms with Crippen LogP contribution in [-0.4, -0.2) is 68.1 Å². The maximum absolute atomic E-state index is 13.7. The number of para-hydroxylation sites is 1. The highest BCUT2D eigenvalue weighted by atomic mass is 32.2. The van der Waals surface area contributed by atoms with Crippen molar-refractivity contribution in [2.75, 3.05) is 57.0 Å². The number of unbranched alkanes of at least 4 members (excludes halogenated alkanes) is 1. The number of nitrogens with two attached hydrogens (primary N) is 1. The Kier molecular flexibility index (Phi) is 9.60. The molecule has 4 rings (SSSR count). The molecule has 2 aliphatic rings. The van der Waals surface area contributed by atoms with Crippen molar-refractivity contribution in [1.29, 1.82) is 0 Å². The smallest absolute Gasteiger partial charge is 0.332 e. The molecule has 3 N–H and O–H groups in total. The normalized spacial score (nSPS) is 15.7. The van der Waals surface area contributed by atoms with Gasteiger partial charge in [0.2, 0.25) is 0 Å². The van der Waals surface area contributed by atoms with Gasteiger partial charge < -0.3 is 20.5 Å². The van der Waals surface area contributed by atoms with Gasteiger partial charge in [0.1, 0.15) is 11.6 Å². The molecule has 0 spiro atoms. The Hall–Kier alpha value is -2.55. The van der Waals surface area contributed by atoms with Gasteiger partial charge in [0.25, 0.3) is 0 Å². The van der Waals surface area contributed by atoms with Crippen LogP contribution in [0.25, 0.3) is 6.08 Å². The fourth-order valence-corrected chi connectivity index (χ4v) is 4.77. The van der Waals surface area contributed by atoms with Crippen molar-refractivity contribution in [2.24, 2.45) is 5.73 Å². The molecule has 0 bridgehead atoms. The molecule has 6 nitrogen and oxygen atoms in total. The zero-order valence-electron chi connectivity index (χ0n) is 19.0. The summed E-state index contributed by atoms with van der Waals surface area (Å²) in [4.78, 5) is 16.5. The summed E-state index contributed by atoms with van der Waals surface area (Å²) in [5.41, 5.74) is 7.58. The Labute approximate surface area is 199 Å². The topological polar surface area (TPSA) is 79.0 Å². The third-order valence-electron chi connectivity index (χ3n) is 5.70. The molecule has 0 amide bonds. The second-order valence-electron chi connectivity index (χ2n) is 7.94. The van der Waals surface area contributed by atoms with Crippen LogP contribution in [-0.2, 0) is 4.79 Å². The summed E-state index contributed by atoms with van der Waals surface area (Å²) in [5, 5.41) is 8.88. The highest BCUT2D eigenvalue weighted by molar-refractivity contribution is 7.99. The first-order valence-electron chi connectivity index (χ1n) is 11.2. The van der Waals surface area contributed by atoms with Crippen molar-refractivity contribution in [3.05, 3.63) is 59.4 Å². The predicted octanol–water partition coefficient (Wildman–Crippen LogP) is 3.96. The molecule has 8 heteroatoms. The van der Waals surface area contributed by atoms with E-state index in [-0.39, 0.29) is 5.82 Å². The number of methoxy groups -OCH3 is 1. The second kappa shape index (κ2) is 12.6. The highest BCUT2D eigenvalue weighted by Crippen LogP contribution is 2.34. The number of ether oxygens (including phenoxy) is 1. The predicted molar refractivity (Wildman–Crippen MR) is 133 cm³/mol. The molecule has 2 aliphatic heterocycles. The minimum atomic E-state index is -0.851. The fraction of sp³-hybridized carbons (Fsp3) is 0.400. The van der Waals surface area contributed by atoms with Gasteiger partial charge in [0, 0.05) is 42.4 Å². The number of thioether (sulfide) groups is 1. The standard InChI is InChI=1S/C14H22FN3.C11H10O3S/c15-13-5-1-2-6-14(13)18-11-9-17(10-12-18)8-4-3-7-16;1-14-9-2-3-10-7(5-9)4-8(6-15-10)11(12)13/h1-2,5-6H,3-4,7-12,16H2;2-5H,6H2,1H3,(H,12,13). The van der Waals surface area contributed by atoms with E-state index in [2.05, 4.69) is 9.80 Å². The van der Waals surface area contributed by atoms with E-state index >= 15 is 0 Å². The number of carboxylic acid groups (broad SMARTS) is 1. The summed E-state index contributed by atoms with van der Waals surface area (Å²) in [6, 6.07) is 12.7. The van der Waals surface area contributed by atoms with Gasteiger partial charge in [-0.2, -0.15) is 0 Å². The lowest BCUT2D eigenvalue weighted by Crippen LogP contribution is -2.46. The number of hydrogen-bond donors (Lipinski definition) is 2. The fourth-order valence-electron chi connectivity index (χ4n) is 3.81. The molecule has 0 unspecified atom stereocenters. The number of carboxylic acids is 1. The Morgan fingerprint density at radius 2 is 1.91 bits per heavy atom. The maximum atomic E-state index is 13.7. The molecule has 178 valence electrons. The minimum absolute atomic E-state index is 0.117. The lowest BCUT2D eigenvalue weighted by Gasteiger charge is -2.36. The zero-order chi connectivity index (χ0) is 23.6. The Morgan fingerprint density at radius 3 is 2.58 bits per heavy atom. The number of anilines is 1. The zero-order valence-corrected chi connectivity index (χ0v) is 19.8. The van der Waals surface area contributed by atoms with E-state index in [1.807, 2.05) is 30.3 Å². The van der Waals surface area contributed by atoms with Gasteiger partial charge in [-0.15, -0.1) is 11.8 Å². The SMILES string of the molecule is COc1ccc2c(c1)C=C(C(=O)O)CS2.NCCCCN1CCN(c2ccccc2F)CC1. The van der Waals surface area contributed by atoms with Crippen LogP contribution in [0.5, 0.6) is 5.75 Å². The van der Waals surface area contributed by atoms with Gasteiger partial charge in [0.05, 0.1) is 12.8 Å². The van der Waals surface area contributed by atoms with E-state index in [0.29, 0.717) is 11.3 Å². The molecule has 2 heterocycles. The number of aliphatic carboxylic acids is 1. The molecule has 0 atom stereocenters. The second-order valence-corrected chi connectivity index (χ2v) is 8.96. The third-order valence-corrected chi connectivity index (χ3v) is 6.84. The number of rotatable bonds is 7. The molecule has 2 aromatic rings. The van der Waals surface area contributed by atoms with E-state index in [9.17, 15) is 9.18 Å². The first-order valence-corrected chi connectivity index (χ1v) is 12.2. The molecular weight excluding hydrogens is 441 g/mol. The Bertz CT molecular complexity index is 962. The third kappa shape index (κ3) is 7.22. The highest BCUT2D eigenvalue weighted by Gasteiger charge is 2.18. The molecule has 2 aromatic carbocycles. The lowest BCUT2D eigenvalue weighted by atomic mass is 10.1. The quantitative estimate of drug-likeness (QED) is 0.590. The number of piperazine rings is 1. The molecule has 33 heavy (non-hydrogen) atoms. The van der Waals surface area contributed by atoms with Gasteiger partial charge in [-0.3, -0.25) is 4.90 Å². The van der Waals surface area contributed by atoms with Crippen molar-refractivity contribution in [1.82, 2.24) is 4.90 Å². The molecule has 0 aromatic heterocycles. The average molecular weight is 474 g/mol. The van der Waals surface area contributed by atoms with Crippen LogP contribution in [0.3, 0.4) is 0 Å². The summed E-state index contributed by atoms with van der Waals surface area (Å²) in [6.07, 6.45) is 3.96. The molecular formula is C25H32FN3O3S. The summed E-state index contributed by atoms with van der Waals surface area (Å²) in [7, 11) is 1.60. The van der Waals surface area contributed by atoms with Gasteiger partial charge >= 0.3 is 5.97 Å². The average Bonchev–Trinajstić information content (AvgIpc) is 2.84. The van der Waals surface area contributed by atoms with Gasteiger partial charge in [-0.1, -0.05) is 12.1 Å². The van der Waals surface area contributed by atoms with E-state index in [1.165, 1.54) is 17.8 Å². The van der Waals surface area contributed by atoms with Crippen LogP contribution in [0.15, 0.2) is 52.9 Å².